The van der Waals surface area contributed by atoms with Crippen LogP contribution in [0.25, 0.3) is 0 Å². The second-order valence-electron chi connectivity index (χ2n) is 7.00. The zero-order valence-corrected chi connectivity index (χ0v) is 16.3. The van der Waals surface area contributed by atoms with Gasteiger partial charge in [0.1, 0.15) is 11.0 Å². The van der Waals surface area contributed by atoms with E-state index in [0.29, 0.717) is 18.9 Å². The molecule has 2 heterocycles. The Balaban J connectivity index is 1.86. The molecule has 1 fully saturated rings. The number of ketones is 1. The van der Waals surface area contributed by atoms with Gasteiger partial charge in [-0.05, 0) is 43.7 Å². The molecule has 28 heavy (non-hydrogen) atoms. The maximum Gasteiger partial charge on any atom is 0.294 e. The van der Waals surface area contributed by atoms with Gasteiger partial charge in [0.2, 0.25) is 0 Å². The Bertz CT molecular complexity index is 965. The molecule has 0 radical (unpaired) electrons. The summed E-state index contributed by atoms with van der Waals surface area (Å²) in [4.78, 5) is 37.7. The van der Waals surface area contributed by atoms with Crippen molar-refractivity contribution in [1.82, 2.24) is 9.88 Å². The summed E-state index contributed by atoms with van der Waals surface area (Å²) in [7, 11) is 1.50. The number of hydrogen-bond donors (Lipinski definition) is 2. The maximum absolute atomic E-state index is 13.0. The van der Waals surface area contributed by atoms with Crippen LogP contribution in [-0.2, 0) is 16.6 Å². The number of amides is 2. The van der Waals surface area contributed by atoms with Crippen molar-refractivity contribution in [1.29, 1.82) is 0 Å². The number of rotatable bonds is 5. The molecule has 1 aliphatic heterocycles. The van der Waals surface area contributed by atoms with Gasteiger partial charge >= 0.3 is 0 Å². The Morgan fingerprint density at radius 3 is 2.36 bits per heavy atom. The molecule has 0 bridgehead atoms. The van der Waals surface area contributed by atoms with Crippen LogP contribution >= 0.6 is 11.6 Å². The third-order valence-corrected chi connectivity index (χ3v) is 5.02. The topological polar surface area (TPSA) is 89.4 Å². The molecule has 1 aromatic heterocycles. The lowest BCUT2D eigenvalue weighted by atomic mass is 10.00. The summed E-state index contributed by atoms with van der Waals surface area (Å²) in [5.74, 6) is -2.59. The Hall–Kier alpha value is -2.71. The molecule has 0 spiro atoms. The van der Waals surface area contributed by atoms with E-state index in [-0.39, 0.29) is 22.0 Å². The first-order valence-corrected chi connectivity index (χ1v) is 8.87. The molecule has 2 amide bonds. The van der Waals surface area contributed by atoms with E-state index in [1.165, 1.54) is 35.9 Å². The van der Waals surface area contributed by atoms with E-state index in [9.17, 15) is 18.8 Å². The molecule has 1 aliphatic rings. The lowest BCUT2D eigenvalue weighted by molar-refractivity contribution is -0.126. The van der Waals surface area contributed by atoms with Crippen molar-refractivity contribution in [3.05, 3.63) is 52.1 Å². The smallest absolute Gasteiger partial charge is 0.294 e. The Morgan fingerprint density at radius 1 is 1.21 bits per heavy atom. The van der Waals surface area contributed by atoms with Crippen LogP contribution in [-0.4, -0.2) is 40.9 Å². The van der Waals surface area contributed by atoms with Crippen LogP contribution in [0, 0.1) is 12.7 Å². The summed E-state index contributed by atoms with van der Waals surface area (Å²) in [5.41, 5.74) is 0.160. The SMILES string of the molecule is Cc1c(C(=O)Nc2ccc(F)cc2)c(Cl)n(C)c1C(=O)C(=O)NC1(C)COC1. The predicted octanol–water partition coefficient (Wildman–Crippen LogP) is 2.47. The molecule has 1 aromatic carbocycles. The van der Waals surface area contributed by atoms with Crippen LogP contribution in [0.3, 0.4) is 0 Å². The Labute approximate surface area is 165 Å². The number of carbonyl (C=O) groups is 3. The van der Waals surface area contributed by atoms with Crippen LogP contribution in [0.2, 0.25) is 5.15 Å². The average Bonchev–Trinajstić information content (AvgIpc) is 2.84. The highest BCUT2D eigenvalue weighted by Crippen LogP contribution is 2.28. The zero-order valence-electron chi connectivity index (χ0n) is 15.6. The van der Waals surface area contributed by atoms with Gasteiger partial charge in [-0.15, -0.1) is 0 Å². The van der Waals surface area contributed by atoms with Crippen LogP contribution in [0.1, 0.15) is 33.3 Å². The summed E-state index contributed by atoms with van der Waals surface area (Å²) in [6, 6.07) is 5.22. The van der Waals surface area contributed by atoms with Crippen molar-refractivity contribution < 1.29 is 23.5 Å². The molecular formula is C19H19ClFN3O4. The summed E-state index contributed by atoms with van der Waals surface area (Å²) in [6.07, 6.45) is 0. The Morgan fingerprint density at radius 2 is 1.82 bits per heavy atom. The fraction of sp³-hybridized carbons (Fsp3) is 0.316. The highest BCUT2D eigenvalue weighted by atomic mass is 35.5. The van der Waals surface area contributed by atoms with Gasteiger partial charge < -0.3 is 19.9 Å². The van der Waals surface area contributed by atoms with Gasteiger partial charge in [-0.25, -0.2) is 4.39 Å². The van der Waals surface area contributed by atoms with E-state index in [0.717, 1.165) is 0 Å². The number of benzene rings is 1. The molecule has 2 N–H and O–H groups in total. The summed E-state index contributed by atoms with van der Waals surface area (Å²) in [6.45, 7) is 3.96. The van der Waals surface area contributed by atoms with Crippen LogP contribution in [0.5, 0.6) is 0 Å². The van der Waals surface area contributed by atoms with Crippen molar-refractivity contribution in [3.8, 4) is 0 Å². The highest BCUT2D eigenvalue weighted by Gasteiger charge is 2.38. The van der Waals surface area contributed by atoms with E-state index in [4.69, 9.17) is 16.3 Å². The molecule has 0 saturated carbocycles. The second-order valence-corrected chi connectivity index (χ2v) is 7.35. The molecule has 3 rings (SSSR count). The fourth-order valence-electron chi connectivity index (χ4n) is 3.02. The van der Waals surface area contributed by atoms with Gasteiger partial charge in [0, 0.05) is 12.7 Å². The highest BCUT2D eigenvalue weighted by molar-refractivity contribution is 6.44. The third-order valence-electron chi connectivity index (χ3n) is 4.57. The number of ether oxygens (including phenoxy) is 1. The quantitative estimate of drug-likeness (QED) is 0.588. The standard InChI is InChI=1S/C19H19ClFN3O4/c1-10-13(17(26)22-12-6-4-11(21)5-7-12)16(20)24(3)14(10)15(25)18(27)23-19(2)8-28-9-19/h4-7H,8-9H2,1-3H3,(H,22,26)(H,23,27). The molecule has 7 nitrogen and oxygen atoms in total. The Kier molecular flexibility index (Phi) is 5.27. The van der Waals surface area contributed by atoms with Crippen molar-refractivity contribution >= 4 is 34.9 Å². The number of anilines is 1. The number of carbonyl (C=O) groups excluding carboxylic acids is 3. The van der Waals surface area contributed by atoms with E-state index >= 15 is 0 Å². The fourth-order valence-corrected chi connectivity index (χ4v) is 3.33. The molecule has 1 saturated heterocycles. The number of nitrogens with one attached hydrogen (secondary N) is 2. The van der Waals surface area contributed by atoms with E-state index in [1.54, 1.807) is 13.8 Å². The predicted molar refractivity (Wildman–Crippen MR) is 101 cm³/mol. The largest absolute Gasteiger partial charge is 0.376 e. The van der Waals surface area contributed by atoms with Gasteiger partial charge in [-0.3, -0.25) is 14.4 Å². The molecule has 2 aromatic rings. The minimum absolute atomic E-state index is 0.0199. The normalized spacial score (nSPS) is 14.9. The second kappa shape index (κ2) is 7.37. The number of nitrogens with zero attached hydrogens (tertiary/aromatic N) is 1. The maximum atomic E-state index is 13.0. The van der Waals surface area contributed by atoms with E-state index < -0.39 is 29.0 Å². The average molecular weight is 408 g/mol. The van der Waals surface area contributed by atoms with Gasteiger partial charge in [0.15, 0.2) is 0 Å². The zero-order chi connectivity index (χ0) is 20.6. The van der Waals surface area contributed by atoms with Crippen LogP contribution in [0.15, 0.2) is 24.3 Å². The monoisotopic (exact) mass is 407 g/mol. The van der Waals surface area contributed by atoms with Crippen LogP contribution < -0.4 is 10.6 Å². The first-order valence-electron chi connectivity index (χ1n) is 8.49. The summed E-state index contributed by atoms with van der Waals surface area (Å²) >= 11 is 6.26. The minimum atomic E-state index is -0.796. The molecule has 0 unspecified atom stereocenters. The minimum Gasteiger partial charge on any atom is -0.376 e. The lowest BCUT2D eigenvalue weighted by Crippen LogP contribution is -2.61. The molecular weight excluding hydrogens is 389 g/mol. The van der Waals surface area contributed by atoms with Crippen molar-refractivity contribution in [3.63, 3.8) is 0 Å². The van der Waals surface area contributed by atoms with Gasteiger partial charge in [0.05, 0.1) is 30.0 Å². The van der Waals surface area contributed by atoms with Crippen molar-refractivity contribution in [2.45, 2.75) is 19.4 Å². The van der Waals surface area contributed by atoms with Crippen LogP contribution in [0.4, 0.5) is 10.1 Å². The van der Waals surface area contributed by atoms with Crippen molar-refractivity contribution in [2.75, 3.05) is 18.5 Å². The van der Waals surface area contributed by atoms with Gasteiger partial charge in [-0.1, -0.05) is 11.6 Å². The first kappa shape index (κ1) is 20.0. The summed E-state index contributed by atoms with van der Waals surface area (Å²) < 4.78 is 19.4. The van der Waals surface area contributed by atoms with E-state index in [2.05, 4.69) is 10.6 Å². The van der Waals surface area contributed by atoms with E-state index in [1.807, 2.05) is 0 Å². The third kappa shape index (κ3) is 3.65. The van der Waals surface area contributed by atoms with Gasteiger partial charge in [0.25, 0.3) is 17.6 Å². The number of Topliss-reactive ketones (excluding diaryl/α,β-unsaturated/α-hetero) is 1. The first-order chi connectivity index (χ1) is 13.1. The van der Waals surface area contributed by atoms with Gasteiger partial charge in [-0.2, -0.15) is 0 Å². The molecule has 0 atom stereocenters. The lowest BCUT2D eigenvalue weighted by Gasteiger charge is -2.38. The molecule has 9 heteroatoms. The summed E-state index contributed by atoms with van der Waals surface area (Å²) in [5, 5.41) is 5.26. The number of hydrogen-bond acceptors (Lipinski definition) is 4. The van der Waals surface area contributed by atoms with Crippen molar-refractivity contribution in [2.24, 2.45) is 7.05 Å². The number of aromatic nitrogens is 1. The molecule has 0 aliphatic carbocycles. The molecule has 148 valence electrons. The number of halogens is 2.